The van der Waals surface area contributed by atoms with Gasteiger partial charge >= 0.3 is 5.97 Å². The summed E-state index contributed by atoms with van der Waals surface area (Å²) in [6, 6.07) is 11.3. The molecule has 0 aliphatic carbocycles. The number of cyclic esters (lactones) is 1. The molecule has 0 N–H and O–H groups in total. The smallest absolute Gasteiger partial charge is 0.363 e. The van der Waals surface area contributed by atoms with Gasteiger partial charge in [0, 0.05) is 11.6 Å². The van der Waals surface area contributed by atoms with Gasteiger partial charge in [-0.05, 0) is 35.9 Å². The maximum atomic E-state index is 12.1. The number of nitrogens with zero attached hydrogens (tertiary/aromatic N) is 5. The van der Waals surface area contributed by atoms with Gasteiger partial charge in [0.1, 0.15) is 17.7 Å². The molecule has 4 rings (SSSR count). The summed E-state index contributed by atoms with van der Waals surface area (Å²) in [4.78, 5) is 30.6. The number of rotatable bonds is 4. The molecule has 3 aromatic rings. The number of hydrogen-bond donors (Lipinski definition) is 0. The molecule has 0 atom stereocenters. The number of carbonyl (C=O) groups is 1. The van der Waals surface area contributed by atoms with Gasteiger partial charge in [0.15, 0.2) is 5.70 Å². The SMILES string of the molecule is O=C1OC(c2ccc(Cl)c([N+](=O)[O-])c2)=NC1=Cc1ccc(-n2cncn2)cc1. The van der Waals surface area contributed by atoms with E-state index in [-0.39, 0.29) is 27.9 Å². The molecule has 138 valence electrons. The van der Waals surface area contributed by atoms with Crippen molar-refractivity contribution < 1.29 is 14.5 Å². The predicted octanol–water partition coefficient (Wildman–Crippen LogP) is 3.17. The Labute approximate surface area is 162 Å². The molecule has 10 heteroatoms. The number of nitro benzene ring substituents is 1. The number of ether oxygens (including phenoxy) is 1. The lowest BCUT2D eigenvalue weighted by atomic mass is 10.2. The van der Waals surface area contributed by atoms with E-state index in [0.717, 1.165) is 11.3 Å². The van der Waals surface area contributed by atoms with Gasteiger partial charge in [-0.25, -0.2) is 19.5 Å². The predicted molar refractivity (Wildman–Crippen MR) is 100 cm³/mol. The van der Waals surface area contributed by atoms with Crippen molar-refractivity contribution in [3.63, 3.8) is 0 Å². The van der Waals surface area contributed by atoms with E-state index < -0.39 is 10.9 Å². The fourth-order valence-electron chi connectivity index (χ4n) is 2.54. The van der Waals surface area contributed by atoms with Crippen molar-refractivity contribution in [2.75, 3.05) is 0 Å². The van der Waals surface area contributed by atoms with Crippen LogP contribution < -0.4 is 0 Å². The highest BCUT2D eigenvalue weighted by Gasteiger charge is 2.26. The molecular weight excluding hydrogens is 386 g/mol. The van der Waals surface area contributed by atoms with E-state index in [1.165, 1.54) is 24.5 Å². The second-order valence-electron chi connectivity index (χ2n) is 5.69. The van der Waals surface area contributed by atoms with Crippen molar-refractivity contribution in [2.24, 2.45) is 4.99 Å². The van der Waals surface area contributed by atoms with Crippen LogP contribution in [0.15, 0.2) is 65.8 Å². The third-order valence-electron chi connectivity index (χ3n) is 3.89. The summed E-state index contributed by atoms with van der Waals surface area (Å²) < 4.78 is 6.75. The van der Waals surface area contributed by atoms with Gasteiger partial charge in [0.05, 0.1) is 10.6 Å². The molecule has 9 nitrogen and oxygen atoms in total. The molecular formula is C18H10ClN5O4. The highest BCUT2D eigenvalue weighted by atomic mass is 35.5. The number of benzene rings is 2. The van der Waals surface area contributed by atoms with Crippen molar-refractivity contribution in [1.29, 1.82) is 0 Å². The molecule has 0 saturated carbocycles. The van der Waals surface area contributed by atoms with Gasteiger partial charge in [-0.3, -0.25) is 10.1 Å². The van der Waals surface area contributed by atoms with E-state index >= 15 is 0 Å². The van der Waals surface area contributed by atoms with Crippen molar-refractivity contribution in [3.8, 4) is 5.69 Å². The Hall–Kier alpha value is -3.85. The molecule has 0 fully saturated rings. The molecule has 0 spiro atoms. The van der Waals surface area contributed by atoms with Crippen molar-refractivity contribution in [1.82, 2.24) is 14.8 Å². The molecule has 2 aromatic carbocycles. The van der Waals surface area contributed by atoms with E-state index in [1.807, 2.05) is 12.1 Å². The Bertz CT molecular complexity index is 1140. The van der Waals surface area contributed by atoms with Crippen LogP contribution in [0.2, 0.25) is 5.02 Å². The highest BCUT2D eigenvalue weighted by Crippen LogP contribution is 2.27. The molecule has 0 radical (unpaired) electrons. The van der Waals surface area contributed by atoms with Crippen LogP contribution >= 0.6 is 11.6 Å². The first-order chi connectivity index (χ1) is 13.5. The molecule has 0 saturated heterocycles. The molecule has 0 unspecified atom stereocenters. The average molecular weight is 396 g/mol. The van der Waals surface area contributed by atoms with Crippen LogP contribution in [0.5, 0.6) is 0 Å². The van der Waals surface area contributed by atoms with Crippen LogP contribution in [-0.4, -0.2) is 31.6 Å². The number of nitro groups is 1. The Balaban J connectivity index is 1.62. The zero-order valence-corrected chi connectivity index (χ0v) is 14.8. The summed E-state index contributed by atoms with van der Waals surface area (Å²) in [5.41, 5.74) is 1.61. The summed E-state index contributed by atoms with van der Waals surface area (Å²) in [5, 5.41) is 15.0. The summed E-state index contributed by atoms with van der Waals surface area (Å²) in [6.07, 6.45) is 4.57. The normalized spacial score (nSPS) is 14.8. The van der Waals surface area contributed by atoms with Gasteiger partial charge in [-0.2, -0.15) is 5.10 Å². The van der Waals surface area contributed by atoms with Crippen LogP contribution in [0, 0.1) is 10.1 Å². The molecule has 1 aliphatic heterocycles. The van der Waals surface area contributed by atoms with Crippen LogP contribution in [-0.2, 0) is 9.53 Å². The summed E-state index contributed by atoms with van der Waals surface area (Å²) in [5.74, 6) is -0.664. The second kappa shape index (κ2) is 7.05. The number of halogens is 1. The number of aromatic nitrogens is 3. The largest absolute Gasteiger partial charge is 0.402 e. The fourth-order valence-corrected chi connectivity index (χ4v) is 2.73. The number of esters is 1. The molecule has 1 aromatic heterocycles. The first-order valence-corrected chi connectivity index (χ1v) is 8.31. The Morgan fingerprint density at radius 2 is 1.96 bits per heavy atom. The minimum atomic E-state index is -0.645. The minimum absolute atomic E-state index is 0.0121. The van der Waals surface area contributed by atoms with E-state index in [4.69, 9.17) is 16.3 Å². The quantitative estimate of drug-likeness (QED) is 0.290. The highest BCUT2D eigenvalue weighted by molar-refractivity contribution is 6.32. The van der Waals surface area contributed by atoms with Crippen LogP contribution in [0.4, 0.5) is 5.69 Å². The zero-order chi connectivity index (χ0) is 19.7. The van der Waals surface area contributed by atoms with Crippen molar-refractivity contribution in [2.45, 2.75) is 0 Å². The molecule has 2 heterocycles. The number of carbonyl (C=O) groups excluding carboxylic acids is 1. The Morgan fingerprint density at radius 3 is 2.64 bits per heavy atom. The lowest BCUT2D eigenvalue weighted by Crippen LogP contribution is -2.06. The first-order valence-electron chi connectivity index (χ1n) is 7.93. The van der Waals surface area contributed by atoms with Gasteiger partial charge < -0.3 is 4.74 Å². The fraction of sp³-hybridized carbons (Fsp3) is 0. The zero-order valence-electron chi connectivity index (χ0n) is 14.0. The first kappa shape index (κ1) is 17.6. The van der Waals surface area contributed by atoms with Gasteiger partial charge in [-0.15, -0.1) is 0 Å². The van der Waals surface area contributed by atoms with Crippen molar-refractivity contribution in [3.05, 3.63) is 87.1 Å². The Morgan fingerprint density at radius 1 is 1.18 bits per heavy atom. The molecule has 28 heavy (non-hydrogen) atoms. The lowest BCUT2D eigenvalue weighted by molar-refractivity contribution is -0.384. The van der Waals surface area contributed by atoms with Crippen LogP contribution in [0.1, 0.15) is 11.1 Å². The van der Waals surface area contributed by atoms with Crippen molar-refractivity contribution >= 4 is 35.2 Å². The third-order valence-corrected chi connectivity index (χ3v) is 4.21. The summed E-state index contributed by atoms with van der Waals surface area (Å²) in [7, 11) is 0. The van der Waals surface area contributed by atoms with Gasteiger partial charge in [0.25, 0.3) is 5.69 Å². The van der Waals surface area contributed by atoms with E-state index in [9.17, 15) is 14.9 Å². The third kappa shape index (κ3) is 3.38. The Kier molecular flexibility index (Phi) is 4.42. The average Bonchev–Trinajstić information content (AvgIpc) is 3.33. The standard InChI is InChI=1S/C18H10ClN5O4/c19-14-6-3-12(8-16(14)24(26)27)17-22-15(18(25)28-17)7-11-1-4-13(5-2-11)23-10-20-9-21-23/h1-10H. The summed E-state index contributed by atoms with van der Waals surface area (Å²) in [6.45, 7) is 0. The molecule has 1 aliphatic rings. The van der Waals surface area contributed by atoms with Crippen LogP contribution in [0.3, 0.4) is 0 Å². The van der Waals surface area contributed by atoms with E-state index in [0.29, 0.717) is 0 Å². The van der Waals surface area contributed by atoms with Crippen LogP contribution in [0.25, 0.3) is 11.8 Å². The van der Waals surface area contributed by atoms with Gasteiger partial charge in [0.2, 0.25) is 5.90 Å². The second-order valence-corrected chi connectivity index (χ2v) is 6.10. The minimum Gasteiger partial charge on any atom is -0.402 e. The van der Waals surface area contributed by atoms with Gasteiger partial charge in [-0.1, -0.05) is 23.7 Å². The topological polar surface area (TPSA) is 113 Å². The maximum absolute atomic E-state index is 12.1. The van der Waals surface area contributed by atoms with E-state index in [1.54, 1.807) is 29.2 Å². The number of hydrogen-bond acceptors (Lipinski definition) is 7. The summed E-state index contributed by atoms with van der Waals surface area (Å²) >= 11 is 5.80. The molecule has 0 bridgehead atoms. The number of aliphatic imine (C=N–C) groups is 1. The lowest BCUT2D eigenvalue weighted by Gasteiger charge is -2.00. The van der Waals surface area contributed by atoms with E-state index in [2.05, 4.69) is 15.1 Å². The molecule has 0 amide bonds. The monoisotopic (exact) mass is 395 g/mol. The maximum Gasteiger partial charge on any atom is 0.363 e.